The zero-order valence-electron chi connectivity index (χ0n) is 52.9. The third kappa shape index (κ3) is 23.7. The molecule has 0 spiro atoms. The quantitative estimate of drug-likeness (QED) is 0.0150. The molecule has 0 aliphatic carbocycles. The summed E-state index contributed by atoms with van der Waals surface area (Å²) in [6.07, 6.45) is 4.47. The molecule has 2 heterocycles. The molecule has 92 heavy (non-hydrogen) atoms. The third-order valence-electron chi connectivity index (χ3n) is 16.1. The number of carbonyl (C=O) groups excluding carboxylic acids is 9. The highest BCUT2D eigenvalue weighted by molar-refractivity contribution is 5.99. The molecule has 1 fully saturated rings. The van der Waals surface area contributed by atoms with Gasteiger partial charge in [0.2, 0.25) is 53.2 Å². The number of unbranched alkanes of at least 4 members (excludes halogenated alkanes) is 1. The number of rotatable bonds is 40. The number of hydrogen-bond acceptors (Lipinski definition) is 16. The van der Waals surface area contributed by atoms with Crippen LogP contribution in [0.25, 0.3) is 10.9 Å². The number of H-pyrrole nitrogens is 1. The van der Waals surface area contributed by atoms with E-state index in [1.807, 2.05) is 36.5 Å². The number of para-hydroxylation sites is 1. The number of carboxylic acid groups (broad SMARTS) is 1. The SMILES string of the molecule is CC[C@H](C)[C@H](NC(=O)[C@H](CCCN=C(N)N)NC(=O)[C@@H](N)CCCCN)C(=O)N[C@@H](Cc1c[nH]c2ccccc12)C(=O)N[C@@H](Cc1ccccc1)C(=O)N[C@H](C(=O)N1CCC[C@H]1C(=O)N[C@@H](CCCN=C(N)N)C(=O)N[C@@H](CO)C(=O)N[C@@H](CO)C(=O)O)[C@@H](C)CC. The Morgan fingerprint density at radius 1 is 0.587 bits per heavy atom. The number of benzene rings is 2. The number of hydrogen-bond donors (Lipinski definition) is 18. The Hall–Kier alpha value is -8.94. The minimum atomic E-state index is -1.76. The zero-order valence-corrected chi connectivity index (χ0v) is 52.9. The number of carboxylic acids is 1. The van der Waals surface area contributed by atoms with Crippen LogP contribution in [0.15, 0.2) is 70.8 Å². The van der Waals surface area contributed by atoms with Crippen LogP contribution in [0.4, 0.5) is 0 Å². The van der Waals surface area contributed by atoms with Crippen LogP contribution in [-0.4, -0.2) is 196 Å². The maximum absolute atomic E-state index is 15.2. The van der Waals surface area contributed by atoms with Crippen molar-refractivity contribution in [2.24, 2.45) is 56.2 Å². The lowest BCUT2D eigenvalue weighted by Gasteiger charge is -2.33. The summed E-state index contributed by atoms with van der Waals surface area (Å²) in [7, 11) is 0. The molecule has 0 bridgehead atoms. The summed E-state index contributed by atoms with van der Waals surface area (Å²) < 4.78 is 0. The first-order valence-corrected chi connectivity index (χ1v) is 31.2. The number of aliphatic carboxylic acids is 1. The lowest BCUT2D eigenvalue weighted by molar-refractivity contribution is -0.144. The van der Waals surface area contributed by atoms with Crippen molar-refractivity contribution >= 4 is 82.0 Å². The average Bonchev–Trinajstić information content (AvgIpc) is 1.91. The summed E-state index contributed by atoms with van der Waals surface area (Å²) in [5, 5.41) is 50.7. The second kappa shape index (κ2) is 38.7. The number of guanidine groups is 2. The van der Waals surface area contributed by atoms with Crippen LogP contribution in [0.1, 0.15) is 109 Å². The third-order valence-corrected chi connectivity index (χ3v) is 16.1. The number of aromatic amines is 1. The fraction of sp³-hybridized carbons (Fsp3) is 0.574. The largest absolute Gasteiger partial charge is 0.480 e. The van der Waals surface area contributed by atoms with Crippen LogP contribution >= 0.6 is 0 Å². The maximum Gasteiger partial charge on any atom is 0.328 e. The molecule has 4 rings (SSSR count). The van der Waals surface area contributed by atoms with Crippen molar-refractivity contribution in [1.82, 2.24) is 52.4 Å². The molecule has 2 aromatic carbocycles. The topological polar surface area (TPSA) is 527 Å². The summed E-state index contributed by atoms with van der Waals surface area (Å²) in [4.78, 5) is 153. The first kappa shape index (κ1) is 75.5. The van der Waals surface area contributed by atoms with Gasteiger partial charge in [-0.15, -0.1) is 0 Å². The lowest BCUT2D eigenvalue weighted by atomic mass is 9.95. The lowest BCUT2D eigenvalue weighted by Crippen LogP contribution is -2.62. The van der Waals surface area contributed by atoms with Gasteiger partial charge in [0.15, 0.2) is 11.9 Å². The van der Waals surface area contributed by atoms with E-state index < -0.39 is 145 Å². The smallest absolute Gasteiger partial charge is 0.328 e. The van der Waals surface area contributed by atoms with E-state index >= 15 is 9.59 Å². The molecule has 12 atom stereocenters. The van der Waals surface area contributed by atoms with Crippen molar-refractivity contribution in [3.05, 3.63) is 71.9 Å². The predicted octanol–water partition coefficient (Wildman–Crippen LogP) is -3.45. The Bertz CT molecular complexity index is 2990. The number of aromatic nitrogens is 1. The Labute approximate surface area is 535 Å². The van der Waals surface area contributed by atoms with Gasteiger partial charge in [-0.25, -0.2) is 4.79 Å². The Balaban J connectivity index is 1.67. The zero-order chi connectivity index (χ0) is 68.0. The number of aliphatic hydroxyl groups excluding tert-OH is 2. The van der Waals surface area contributed by atoms with E-state index in [9.17, 15) is 53.7 Å². The second-order valence-corrected chi connectivity index (χ2v) is 23.0. The molecule has 1 aliphatic heterocycles. The van der Waals surface area contributed by atoms with Gasteiger partial charge in [-0.2, -0.15) is 0 Å². The molecule has 24 N–H and O–H groups in total. The fourth-order valence-corrected chi connectivity index (χ4v) is 10.4. The molecule has 1 saturated heterocycles. The molecule has 1 aromatic heterocycles. The number of nitrogens with zero attached hydrogens (tertiary/aromatic N) is 3. The highest BCUT2D eigenvalue weighted by Gasteiger charge is 2.42. The highest BCUT2D eigenvalue weighted by atomic mass is 16.4. The Kier molecular flexibility index (Phi) is 31.8. The monoisotopic (exact) mass is 1290 g/mol. The fourth-order valence-electron chi connectivity index (χ4n) is 10.4. The molecule has 0 saturated carbocycles. The number of likely N-dealkylation sites (tertiary alicyclic amines) is 1. The number of aliphatic imine (C=N–C) groups is 2. The van der Waals surface area contributed by atoms with Gasteiger partial charge >= 0.3 is 5.97 Å². The predicted molar refractivity (Wildman–Crippen MR) is 344 cm³/mol. The van der Waals surface area contributed by atoms with E-state index in [1.165, 1.54) is 4.90 Å². The van der Waals surface area contributed by atoms with Crippen molar-refractivity contribution in [2.45, 2.75) is 172 Å². The van der Waals surface area contributed by atoms with E-state index in [0.717, 1.165) is 10.9 Å². The van der Waals surface area contributed by atoms with Crippen molar-refractivity contribution in [3.63, 3.8) is 0 Å². The molecule has 1 aliphatic rings. The van der Waals surface area contributed by atoms with Crippen LogP contribution in [0.2, 0.25) is 0 Å². The van der Waals surface area contributed by atoms with Gasteiger partial charge in [0.1, 0.15) is 54.4 Å². The second-order valence-electron chi connectivity index (χ2n) is 23.0. The Morgan fingerprint density at radius 3 is 1.68 bits per heavy atom. The van der Waals surface area contributed by atoms with Crippen molar-refractivity contribution in [1.29, 1.82) is 0 Å². The van der Waals surface area contributed by atoms with Gasteiger partial charge in [-0.3, -0.25) is 53.1 Å². The van der Waals surface area contributed by atoms with Gasteiger partial charge < -0.3 is 102 Å². The van der Waals surface area contributed by atoms with Gasteiger partial charge in [0.25, 0.3) is 0 Å². The van der Waals surface area contributed by atoms with Crippen molar-refractivity contribution < 1.29 is 63.3 Å². The maximum atomic E-state index is 15.2. The number of amides is 9. The van der Waals surface area contributed by atoms with E-state index in [0.29, 0.717) is 56.2 Å². The first-order chi connectivity index (χ1) is 43.9. The van der Waals surface area contributed by atoms with Gasteiger partial charge in [0.05, 0.1) is 19.3 Å². The van der Waals surface area contributed by atoms with Crippen molar-refractivity contribution in [3.8, 4) is 0 Å². The van der Waals surface area contributed by atoms with Crippen LogP contribution in [0, 0.1) is 11.8 Å². The van der Waals surface area contributed by atoms with Gasteiger partial charge in [-0.05, 0) is 86.9 Å². The van der Waals surface area contributed by atoms with Gasteiger partial charge in [-0.1, -0.05) is 95.5 Å². The van der Waals surface area contributed by atoms with E-state index in [-0.39, 0.29) is 76.5 Å². The molecule has 31 heteroatoms. The molecule has 3 aromatic rings. The summed E-state index contributed by atoms with van der Waals surface area (Å²) in [5.41, 5.74) is 35.9. The summed E-state index contributed by atoms with van der Waals surface area (Å²) in [6.45, 7) is 5.68. The van der Waals surface area contributed by atoms with Crippen LogP contribution in [0.3, 0.4) is 0 Å². The number of aliphatic hydroxyl groups is 2. The summed E-state index contributed by atoms with van der Waals surface area (Å²) in [6, 6.07) is 2.44. The average molecular weight is 1290 g/mol. The molecule has 0 radical (unpaired) electrons. The van der Waals surface area contributed by atoms with Crippen molar-refractivity contribution in [2.75, 3.05) is 39.4 Å². The highest BCUT2D eigenvalue weighted by Crippen LogP contribution is 2.24. The molecular weight excluding hydrogens is 1190 g/mol. The van der Waals surface area contributed by atoms with Crippen LogP contribution in [0.5, 0.6) is 0 Å². The van der Waals surface area contributed by atoms with E-state index in [4.69, 9.17) is 34.4 Å². The molecule has 31 nitrogen and oxygen atoms in total. The Morgan fingerprint density at radius 2 is 1.09 bits per heavy atom. The molecular formula is C61H96N18O13. The number of nitrogens with one attached hydrogen (secondary N) is 9. The van der Waals surface area contributed by atoms with Gasteiger partial charge in [0, 0.05) is 49.6 Å². The molecule has 9 amide bonds. The van der Waals surface area contributed by atoms with Crippen LogP contribution < -0.4 is 76.9 Å². The number of nitrogens with two attached hydrogens (primary N) is 6. The first-order valence-electron chi connectivity index (χ1n) is 31.2. The van der Waals surface area contributed by atoms with E-state index in [1.54, 1.807) is 57.3 Å². The van der Waals surface area contributed by atoms with Crippen LogP contribution in [-0.2, 0) is 60.8 Å². The minimum Gasteiger partial charge on any atom is -0.480 e. The molecule has 0 unspecified atom stereocenters. The number of carbonyl (C=O) groups is 10. The minimum absolute atomic E-state index is 0.0125. The number of fused-ring (bicyclic) bond motifs is 1. The summed E-state index contributed by atoms with van der Waals surface area (Å²) in [5.74, 6) is -10.3. The standard InChI is InChI=1S/C61H96N18O13/c1-5-34(3)48(77-52(84)42(23-15-27-69-61(66)67)71-50(82)39(63)20-12-13-25-62)57(89)74-44(30-37-31-70-40-21-11-10-19-38(37)40)53(85)73-43(29-36-17-8-7-9-18-36)54(86)78-49(35(4)6-2)58(90)79-28-16-24-47(79)56(88)72-41(22-14-26-68-60(64)65)51(83)75-45(32-80)55(87)76-46(33-81)59(91)92/h7-11,17-19,21,31,34-35,39,41-49,70,80-81H,5-6,12-16,20,22-30,32-33,62-63H2,1-4H3,(H,71,82)(H,72,88)(H,73,85)(H,74,89)(H,75,83)(H,76,87)(H,77,84)(H,78,86)(H,91,92)(H4,64,65,68)(H4,66,67,69)/t34-,35-,39-,41-,42-,43-,44-,45-,46-,47-,48-,49-/m0/s1. The normalized spacial score (nSPS) is 16.4. The summed E-state index contributed by atoms with van der Waals surface area (Å²) >= 11 is 0. The van der Waals surface area contributed by atoms with E-state index in [2.05, 4.69) is 52.2 Å². The molecule has 508 valence electrons.